The van der Waals surface area contributed by atoms with Gasteiger partial charge in [0.05, 0.1) is 29.5 Å². The Kier molecular flexibility index (Phi) is 8.35. The highest BCUT2D eigenvalue weighted by Gasteiger charge is 2.19. The number of amides is 1. The summed E-state index contributed by atoms with van der Waals surface area (Å²) >= 11 is 6.17. The molecule has 162 valence electrons. The van der Waals surface area contributed by atoms with Gasteiger partial charge in [-0.2, -0.15) is 0 Å². The standard InChI is InChI=1S/C20H19ClF3NO5/c1-3-7-29-19-12(21)8-11(9-15(19)28-4-2)20(27)30-10-16(26)25-14-6-5-13(22)17(23)18(14)24/h5-6,8-9H,3-4,7,10H2,1-2H3,(H,25,26). The molecule has 0 aromatic heterocycles. The number of anilines is 1. The molecule has 0 bridgehead atoms. The number of esters is 1. The number of carbonyl (C=O) groups is 2. The minimum atomic E-state index is -1.73. The van der Waals surface area contributed by atoms with Gasteiger partial charge in [-0.25, -0.2) is 18.0 Å². The summed E-state index contributed by atoms with van der Waals surface area (Å²) in [4.78, 5) is 24.1. The van der Waals surface area contributed by atoms with Crippen LogP contribution in [-0.4, -0.2) is 31.7 Å². The van der Waals surface area contributed by atoms with Crippen LogP contribution in [0.4, 0.5) is 18.9 Å². The van der Waals surface area contributed by atoms with Crippen molar-refractivity contribution in [3.8, 4) is 11.5 Å². The zero-order valence-electron chi connectivity index (χ0n) is 16.2. The van der Waals surface area contributed by atoms with Gasteiger partial charge in [0.2, 0.25) is 0 Å². The molecule has 0 aliphatic rings. The van der Waals surface area contributed by atoms with E-state index < -0.39 is 41.6 Å². The molecule has 6 nitrogen and oxygen atoms in total. The van der Waals surface area contributed by atoms with Gasteiger partial charge in [0, 0.05) is 0 Å². The minimum absolute atomic E-state index is 0.000828. The summed E-state index contributed by atoms with van der Waals surface area (Å²) in [6, 6.07) is 4.15. The molecule has 0 spiro atoms. The summed E-state index contributed by atoms with van der Waals surface area (Å²) in [6.45, 7) is 3.54. The number of hydrogen-bond donors (Lipinski definition) is 1. The zero-order valence-corrected chi connectivity index (χ0v) is 16.9. The van der Waals surface area contributed by atoms with Gasteiger partial charge in [0.25, 0.3) is 5.91 Å². The first kappa shape index (κ1) is 23.3. The lowest BCUT2D eigenvalue weighted by Gasteiger charge is -2.14. The number of rotatable bonds is 9. The second-order valence-corrected chi connectivity index (χ2v) is 6.32. The lowest BCUT2D eigenvalue weighted by atomic mass is 10.2. The van der Waals surface area contributed by atoms with Crippen molar-refractivity contribution in [3.05, 3.63) is 52.3 Å². The molecule has 10 heteroatoms. The average molecular weight is 446 g/mol. The summed E-state index contributed by atoms with van der Waals surface area (Å²) in [5.74, 6) is -6.03. The van der Waals surface area contributed by atoms with Crippen molar-refractivity contribution in [2.45, 2.75) is 20.3 Å². The van der Waals surface area contributed by atoms with Crippen molar-refractivity contribution in [2.75, 3.05) is 25.1 Å². The Morgan fingerprint density at radius 3 is 2.47 bits per heavy atom. The average Bonchev–Trinajstić information content (AvgIpc) is 2.72. The van der Waals surface area contributed by atoms with Crippen molar-refractivity contribution in [1.82, 2.24) is 0 Å². The summed E-state index contributed by atoms with van der Waals surface area (Å²) in [5.41, 5.74) is -0.590. The third-order valence-corrected chi connectivity index (χ3v) is 3.92. The second-order valence-electron chi connectivity index (χ2n) is 5.91. The van der Waals surface area contributed by atoms with E-state index in [-0.39, 0.29) is 22.1 Å². The fraction of sp³-hybridized carbons (Fsp3) is 0.300. The van der Waals surface area contributed by atoms with Crippen LogP contribution in [0.5, 0.6) is 11.5 Å². The fourth-order valence-corrected chi connectivity index (χ4v) is 2.58. The van der Waals surface area contributed by atoms with Crippen LogP contribution < -0.4 is 14.8 Å². The molecular weight excluding hydrogens is 427 g/mol. The first-order valence-electron chi connectivity index (χ1n) is 8.98. The Balaban J connectivity index is 2.06. The molecule has 1 N–H and O–H groups in total. The molecule has 0 saturated carbocycles. The van der Waals surface area contributed by atoms with E-state index >= 15 is 0 Å². The van der Waals surface area contributed by atoms with E-state index in [2.05, 4.69) is 0 Å². The van der Waals surface area contributed by atoms with Crippen molar-refractivity contribution in [2.24, 2.45) is 0 Å². The third kappa shape index (κ3) is 5.79. The van der Waals surface area contributed by atoms with Gasteiger partial charge < -0.3 is 19.5 Å². The van der Waals surface area contributed by atoms with Crippen LogP contribution in [0, 0.1) is 17.5 Å². The van der Waals surface area contributed by atoms with Gasteiger partial charge in [0.1, 0.15) is 0 Å². The summed E-state index contributed by atoms with van der Waals surface area (Å²) < 4.78 is 55.6. The van der Waals surface area contributed by atoms with Crippen LogP contribution in [-0.2, 0) is 9.53 Å². The van der Waals surface area contributed by atoms with Crippen molar-refractivity contribution >= 4 is 29.2 Å². The molecule has 2 rings (SSSR count). The molecular formula is C20H19ClF3NO5. The van der Waals surface area contributed by atoms with Gasteiger partial charge in [-0.15, -0.1) is 0 Å². The topological polar surface area (TPSA) is 73.9 Å². The molecule has 0 unspecified atom stereocenters. The van der Waals surface area contributed by atoms with Crippen LogP contribution in [0.2, 0.25) is 5.02 Å². The second kappa shape index (κ2) is 10.7. The van der Waals surface area contributed by atoms with Crippen LogP contribution in [0.15, 0.2) is 24.3 Å². The SMILES string of the molecule is CCCOc1c(Cl)cc(C(=O)OCC(=O)Nc2ccc(F)c(F)c2F)cc1OCC. The normalized spacial score (nSPS) is 10.5. The van der Waals surface area contributed by atoms with Crippen LogP contribution in [0.3, 0.4) is 0 Å². The number of hydrogen-bond acceptors (Lipinski definition) is 5. The summed E-state index contributed by atoms with van der Waals surface area (Å²) in [5, 5.41) is 2.11. The largest absolute Gasteiger partial charge is 0.490 e. The maximum atomic E-state index is 13.6. The van der Waals surface area contributed by atoms with E-state index in [4.69, 9.17) is 25.8 Å². The van der Waals surface area contributed by atoms with Gasteiger partial charge >= 0.3 is 5.97 Å². The highest BCUT2D eigenvalue weighted by atomic mass is 35.5. The Labute approximate surface area is 175 Å². The highest BCUT2D eigenvalue weighted by molar-refractivity contribution is 6.32. The van der Waals surface area contributed by atoms with Crippen molar-refractivity contribution < 1.29 is 37.0 Å². The maximum absolute atomic E-state index is 13.6. The highest BCUT2D eigenvalue weighted by Crippen LogP contribution is 2.37. The molecule has 0 aliphatic carbocycles. The van der Waals surface area contributed by atoms with Gasteiger partial charge in [-0.1, -0.05) is 18.5 Å². The molecule has 0 radical (unpaired) electrons. The number of halogens is 4. The molecule has 0 atom stereocenters. The minimum Gasteiger partial charge on any atom is -0.490 e. The smallest absolute Gasteiger partial charge is 0.338 e. The lowest BCUT2D eigenvalue weighted by Crippen LogP contribution is -2.22. The van der Waals surface area contributed by atoms with Gasteiger partial charge in [-0.05, 0) is 37.6 Å². The van der Waals surface area contributed by atoms with Crippen molar-refractivity contribution in [3.63, 3.8) is 0 Å². The lowest BCUT2D eigenvalue weighted by molar-refractivity contribution is -0.119. The third-order valence-electron chi connectivity index (χ3n) is 3.64. The molecule has 1 amide bonds. The summed E-state index contributed by atoms with van der Waals surface area (Å²) in [6.07, 6.45) is 0.735. The zero-order chi connectivity index (χ0) is 22.3. The van der Waals surface area contributed by atoms with Crippen LogP contribution in [0.25, 0.3) is 0 Å². The predicted molar refractivity (Wildman–Crippen MR) is 104 cm³/mol. The Morgan fingerprint density at radius 2 is 1.80 bits per heavy atom. The van der Waals surface area contributed by atoms with Gasteiger partial charge in [-0.3, -0.25) is 4.79 Å². The first-order chi connectivity index (χ1) is 14.3. The van der Waals surface area contributed by atoms with E-state index in [9.17, 15) is 22.8 Å². The Morgan fingerprint density at radius 1 is 1.07 bits per heavy atom. The first-order valence-corrected chi connectivity index (χ1v) is 9.35. The van der Waals surface area contributed by atoms with E-state index in [0.29, 0.717) is 19.3 Å². The Bertz CT molecular complexity index is 939. The van der Waals surface area contributed by atoms with E-state index in [1.807, 2.05) is 12.2 Å². The number of nitrogens with one attached hydrogen (secondary N) is 1. The molecule has 0 saturated heterocycles. The molecule has 2 aromatic rings. The van der Waals surface area contributed by atoms with E-state index in [1.165, 1.54) is 12.1 Å². The van der Waals surface area contributed by atoms with Crippen LogP contribution in [0.1, 0.15) is 30.6 Å². The molecule has 30 heavy (non-hydrogen) atoms. The van der Waals surface area contributed by atoms with E-state index in [0.717, 1.165) is 12.5 Å². The quantitative estimate of drug-likeness (QED) is 0.446. The fourth-order valence-electron chi connectivity index (χ4n) is 2.32. The maximum Gasteiger partial charge on any atom is 0.338 e. The molecule has 0 aliphatic heterocycles. The number of ether oxygens (including phenoxy) is 3. The molecule has 0 heterocycles. The van der Waals surface area contributed by atoms with Crippen LogP contribution >= 0.6 is 11.6 Å². The predicted octanol–water partition coefficient (Wildman–Crippen LogP) is 4.74. The van der Waals surface area contributed by atoms with Gasteiger partial charge in [0.15, 0.2) is 35.6 Å². The summed E-state index contributed by atoms with van der Waals surface area (Å²) in [7, 11) is 0. The molecule has 0 fully saturated rings. The molecule has 2 aromatic carbocycles. The number of benzene rings is 2. The number of carbonyl (C=O) groups excluding carboxylic acids is 2. The van der Waals surface area contributed by atoms with E-state index in [1.54, 1.807) is 6.92 Å². The monoisotopic (exact) mass is 445 g/mol. The Hall–Kier alpha value is -2.94. The van der Waals surface area contributed by atoms with Crippen molar-refractivity contribution in [1.29, 1.82) is 0 Å².